The van der Waals surface area contributed by atoms with Gasteiger partial charge in [0.15, 0.2) is 5.16 Å². The number of thioether (sulfide) groups is 1. The smallest absolute Gasteiger partial charge is 0.410 e. The first-order chi connectivity index (χ1) is 12.7. The molecule has 1 aromatic heterocycles. The van der Waals surface area contributed by atoms with Gasteiger partial charge in [-0.05, 0) is 30.7 Å². The molecule has 8 heteroatoms. The van der Waals surface area contributed by atoms with Gasteiger partial charge in [0.1, 0.15) is 5.75 Å². The van der Waals surface area contributed by atoms with E-state index < -0.39 is 6.09 Å². The van der Waals surface area contributed by atoms with Crippen LogP contribution in [0.2, 0.25) is 5.02 Å². The van der Waals surface area contributed by atoms with Gasteiger partial charge in [-0.25, -0.2) is 4.79 Å². The Labute approximate surface area is 160 Å². The maximum atomic E-state index is 12.0. The monoisotopic (exact) mass is 388 g/mol. The maximum Gasteiger partial charge on any atom is 0.419 e. The Morgan fingerprint density at radius 2 is 1.88 bits per heavy atom. The van der Waals surface area contributed by atoms with Gasteiger partial charge in [0.05, 0.1) is 0 Å². The molecule has 1 N–H and O–H groups in total. The minimum absolute atomic E-state index is 0.343. The van der Waals surface area contributed by atoms with Gasteiger partial charge < -0.3 is 4.74 Å². The van der Waals surface area contributed by atoms with Gasteiger partial charge in [0.25, 0.3) is 0 Å². The van der Waals surface area contributed by atoms with Gasteiger partial charge >= 0.3 is 6.09 Å². The molecule has 0 atom stereocenters. The lowest BCUT2D eigenvalue weighted by Crippen LogP contribution is -2.19. The van der Waals surface area contributed by atoms with Crippen LogP contribution in [-0.2, 0) is 12.3 Å². The molecule has 134 valence electrons. The molecule has 0 unspecified atom stereocenters. The minimum Gasteiger partial charge on any atom is -0.410 e. The highest BCUT2D eigenvalue weighted by Gasteiger charge is 2.15. The summed E-state index contributed by atoms with van der Waals surface area (Å²) in [5, 5.41) is 12.2. The zero-order valence-electron chi connectivity index (χ0n) is 14.1. The SMILES string of the molecule is CCn1c(NC(=O)Oc2ccccc2)nnc1SCc1ccccc1Cl. The van der Waals surface area contributed by atoms with Crippen LogP contribution in [0.25, 0.3) is 0 Å². The molecule has 0 aliphatic rings. The van der Waals surface area contributed by atoms with E-state index in [1.54, 1.807) is 24.3 Å². The van der Waals surface area contributed by atoms with Crippen molar-refractivity contribution in [3.63, 3.8) is 0 Å². The number of ether oxygens (including phenoxy) is 1. The van der Waals surface area contributed by atoms with Crippen LogP contribution >= 0.6 is 23.4 Å². The van der Waals surface area contributed by atoms with Gasteiger partial charge in [-0.15, -0.1) is 10.2 Å². The fourth-order valence-corrected chi connectivity index (χ4v) is 3.53. The number of hydrogen-bond donors (Lipinski definition) is 1. The maximum absolute atomic E-state index is 12.0. The summed E-state index contributed by atoms with van der Waals surface area (Å²) in [7, 11) is 0. The zero-order chi connectivity index (χ0) is 18.4. The molecule has 0 aliphatic carbocycles. The van der Waals surface area contributed by atoms with E-state index in [0.29, 0.717) is 34.2 Å². The zero-order valence-corrected chi connectivity index (χ0v) is 15.6. The summed E-state index contributed by atoms with van der Waals surface area (Å²) >= 11 is 7.69. The van der Waals surface area contributed by atoms with Crippen LogP contribution in [-0.4, -0.2) is 20.9 Å². The van der Waals surface area contributed by atoms with Crippen LogP contribution in [0.3, 0.4) is 0 Å². The van der Waals surface area contributed by atoms with Gasteiger partial charge in [0, 0.05) is 17.3 Å². The molecule has 0 fully saturated rings. The van der Waals surface area contributed by atoms with Crippen molar-refractivity contribution in [2.45, 2.75) is 24.4 Å². The molecule has 0 saturated carbocycles. The number of carbonyl (C=O) groups is 1. The molecule has 0 aliphatic heterocycles. The van der Waals surface area contributed by atoms with Crippen molar-refractivity contribution >= 4 is 35.4 Å². The quantitative estimate of drug-likeness (QED) is 0.611. The van der Waals surface area contributed by atoms with E-state index in [9.17, 15) is 4.79 Å². The molecule has 6 nitrogen and oxygen atoms in total. The third-order valence-corrected chi connectivity index (χ3v) is 4.90. The number of nitrogens with zero attached hydrogens (tertiary/aromatic N) is 3. The normalized spacial score (nSPS) is 10.5. The number of para-hydroxylation sites is 1. The Hall–Kier alpha value is -2.51. The average Bonchev–Trinajstić information content (AvgIpc) is 3.03. The molecule has 2 aromatic carbocycles. The number of carbonyl (C=O) groups excluding carboxylic acids is 1. The highest BCUT2D eigenvalue weighted by atomic mass is 35.5. The Morgan fingerprint density at radius 1 is 1.15 bits per heavy atom. The molecule has 0 bridgehead atoms. The number of hydrogen-bond acceptors (Lipinski definition) is 5. The number of aromatic nitrogens is 3. The van der Waals surface area contributed by atoms with Gasteiger partial charge in [-0.3, -0.25) is 9.88 Å². The first-order valence-corrected chi connectivity index (χ1v) is 9.37. The second-order valence-electron chi connectivity index (χ2n) is 5.26. The van der Waals surface area contributed by atoms with Crippen LogP contribution in [0.4, 0.5) is 10.7 Å². The van der Waals surface area contributed by atoms with Gasteiger partial charge in [-0.1, -0.05) is 59.8 Å². The molecular formula is C18H17ClN4O2S. The summed E-state index contributed by atoms with van der Waals surface area (Å²) < 4.78 is 7.03. The van der Waals surface area contributed by atoms with E-state index in [1.165, 1.54) is 11.8 Å². The van der Waals surface area contributed by atoms with Gasteiger partial charge in [0.2, 0.25) is 5.95 Å². The number of benzene rings is 2. The number of amides is 1. The van der Waals surface area contributed by atoms with E-state index in [2.05, 4.69) is 15.5 Å². The second kappa shape index (κ2) is 8.73. The molecule has 3 rings (SSSR count). The fourth-order valence-electron chi connectivity index (χ4n) is 2.24. The fraction of sp³-hybridized carbons (Fsp3) is 0.167. The van der Waals surface area contributed by atoms with Crippen molar-refractivity contribution in [3.8, 4) is 5.75 Å². The van der Waals surface area contributed by atoms with Gasteiger partial charge in [-0.2, -0.15) is 0 Å². The van der Waals surface area contributed by atoms with Crippen LogP contribution < -0.4 is 10.1 Å². The van der Waals surface area contributed by atoms with Crippen molar-refractivity contribution in [3.05, 3.63) is 65.2 Å². The summed E-state index contributed by atoms with van der Waals surface area (Å²) in [6.45, 7) is 2.56. The van der Waals surface area contributed by atoms with Crippen molar-refractivity contribution in [2.75, 3.05) is 5.32 Å². The topological polar surface area (TPSA) is 69.0 Å². The Bertz CT molecular complexity index is 886. The van der Waals surface area contributed by atoms with E-state index in [-0.39, 0.29) is 0 Å². The van der Waals surface area contributed by atoms with E-state index >= 15 is 0 Å². The molecule has 0 spiro atoms. The standard InChI is InChI=1S/C18H17ClN4O2S/c1-2-23-16(20-18(24)25-14-9-4-3-5-10-14)21-22-17(23)26-12-13-8-6-7-11-15(13)19/h3-11H,2,12H2,1H3,(H,20,21,24). The predicted molar refractivity (Wildman–Crippen MR) is 103 cm³/mol. The number of halogens is 1. The van der Waals surface area contributed by atoms with Crippen LogP contribution in [0.5, 0.6) is 5.75 Å². The summed E-state index contributed by atoms with van der Waals surface area (Å²) in [5.41, 5.74) is 1.02. The summed E-state index contributed by atoms with van der Waals surface area (Å²) in [5.74, 6) is 1.46. The van der Waals surface area contributed by atoms with Crippen LogP contribution in [0.15, 0.2) is 59.8 Å². The predicted octanol–water partition coefficient (Wildman–Crippen LogP) is 4.85. The number of rotatable bonds is 6. The lowest BCUT2D eigenvalue weighted by Gasteiger charge is -2.09. The molecular weight excluding hydrogens is 372 g/mol. The first-order valence-electron chi connectivity index (χ1n) is 8.00. The molecule has 1 amide bonds. The third kappa shape index (κ3) is 4.56. The number of anilines is 1. The van der Waals surface area contributed by atoms with Crippen molar-refractivity contribution in [1.29, 1.82) is 0 Å². The molecule has 0 saturated heterocycles. The lowest BCUT2D eigenvalue weighted by molar-refractivity contribution is 0.215. The second-order valence-corrected chi connectivity index (χ2v) is 6.61. The molecule has 3 aromatic rings. The summed E-state index contributed by atoms with van der Waals surface area (Å²) in [6, 6.07) is 16.5. The average molecular weight is 389 g/mol. The summed E-state index contributed by atoms with van der Waals surface area (Å²) in [4.78, 5) is 12.0. The van der Waals surface area contributed by atoms with E-state index in [1.807, 2.05) is 41.8 Å². The van der Waals surface area contributed by atoms with Crippen LogP contribution in [0, 0.1) is 0 Å². The van der Waals surface area contributed by atoms with Crippen molar-refractivity contribution in [1.82, 2.24) is 14.8 Å². The van der Waals surface area contributed by atoms with Crippen molar-refractivity contribution in [2.24, 2.45) is 0 Å². The highest BCUT2D eigenvalue weighted by molar-refractivity contribution is 7.98. The first kappa shape index (κ1) is 18.3. The molecule has 1 heterocycles. The summed E-state index contributed by atoms with van der Waals surface area (Å²) in [6.07, 6.45) is -0.610. The Kier molecular flexibility index (Phi) is 6.14. The molecule has 0 radical (unpaired) electrons. The molecule has 26 heavy (non-hydrogen) atoms. The lowest BCUT2D eigenvalue weighted by atomic mass is 10.2. The van der Waals surface area contributed by atoms with E-state index in [0.717, 1.165) is 5.56 Å². The van der Waals surface area contributed by atoms with E-state index in [4.69, 9.17) is 16.3 Å². The Balaban J connectivity index is 1.66. The van der Waals surface area contributed by atoms with Crippen LogP contribution in [0.1, 0.15) is 12.5 Å². The highest BCUT2D eigenvalue weighted by Crippen LogP contribution is 2.27. The van der Waals surface area contributed by atoms with Crippen molar-refractivity contribution < 1.29 is 9.53 Å². The Morgan fingerprint density at radius 3 is 2.62 bits per heavy atom. The number of nitrogens with one attached hydrogen (secondary N) is 1. The third-order valence-electron chi connectivity index (χ3n) is 3.52. The largest absolute Gasteiger partial charge is 0.419 e. The minimum atomic E-state index is -0.610.